The molecule has 0 aliphatic carbocycles. The number of para-hydroxylation sites is 4. The van der Waals surface area contributed by atoms with Crippen LogP contribution in [-0.4, -0.2) is 19.7 Å². The van der Waals surface area contributed by atoms with E-state index in [-0.39, 0.29) is 20.4 Å². The fourth-order valence-electron chi connectivity index (χ4n) is 8.80. The molecule has 0 amide bonds. The topological polar surface area (TPSA) is 24.6 Å². The summed E-state index contributed by atoms with van der Waals surface area (Å²) in [6, 6.07) is 74.5. The van der Waals surface area contributed by atoms with E-state index in [9.17, 15) is 0 Å². The maximum Gasteiger partial charge on any atom is 0.137 e. The average Bonchev–Trinajstić information content (AvgIpc) is 3.91. The van der Waals surface area contributed by atoms with Crippen LogP contribution in [0, 0.1) is 24.9 Å². The van der Waals surface area contributed by atoms with Gasteiger partial charge in [-0.05, 0) is 47.1 Å². The number of hydrogen-bond acceptors (Lipinski definition) is 3. The second-order valence-corrected chi connectivity index (χ2v) is 17.9. The standard InChI is InChI=1S/C50H33N3OSi.Pd/c1-51-34-52(45-26-13-12-25-44(45)51)36-18-15-23-39(32-36)55(37-19-7-3-8-20-37,38-21-9-4-10-22-38)40-28-29-41-42-30-31-48-49(43-24-11-14-27-47(43)54-48)50(42)53(46(41)33-40)35-16-5-2-6-17-35;/h2-16,18-31,34H,1H3;/q-4;. The van der Waals surface area contributed by atoms with Crippen molar-refractivity contribution in [1.82, 2.24) is 4.57 Å². The largest absolute Gasteiger partial charge is 0.504 e. The minimum Gasteiger partial charge on any atom is -0.504 e. The van der Waals surface area contributed by atoms with Crippen LogP contribution in [0.25, 0.3) is 49.4 Å². The summed E-state index contributed by atoms with van der Waals surface area (Å²) in [6.45, 7) is 2.15. The van der Waals surface area contributed by atoms with E-state index in [1.165, 1.54) is 16.1 Å². The van der Waals surface area contributed by atoms with Crippen molar-refractivity contribution in [3.05, 3.63) is 201 Å². The Labute approximate surface area is 340 Å². The fourth-order valence-corrected chi connectivity index (χ4v) is 13.4. The maximum absolute atomic E-state index is 6.44. The molecule has 3 heterocycles. The number of hydrogen-bond donors (Lipinski definition) is 0. The number of aromatic nitrogens is 1. The third kappa shape index (κ3) is 5.07. The number of rotatable bonds is 6. The van der Waals surface area contributed by atoms with Gasteiger partial charge in [-0.3, -0.25) is 0 Å². The van der Waals surface area contributed by atoms with Crippen LogP contribution in [-0.2, 0) is 20.4 Å². The predicted octanol–water partition coefficient (Wildman–Crippen LogP) is 9.17. The van der Waals surface area contributed by atoms with Gasteiger partial charge in [-0.25, -0.2) is 0 Å². The first-order valence-electron chi connectivity index (χ1n) is 18.6. The summed E-state index contributed by atoms with van der Waals surface area (Å²) in [5.74, 6) is 0. The molecule has 0 bridgehead atoms. The van der Waals surface area contributed by atoms with Gasteiger partial charge in [-0.2, -0.15) is 83.8 Å². The predicted molar refractivity (Wildman–Crippen MR) is 229 cm³/mol. The van der Waals surface area contributed by atoms with Gasteiger partial charge in [0.15, 0.2) is 0 Å². The van der Waals surface area contributed by atoms with Crippen molar-refractivity contribution in [2.24, 2.45) is 0 Å². The SMILES string of the molecule is CN1[CH-]N(c2[c-]c([Si](c3[c-]c4c(cc3)c3ccc5oc6ccccc6c5c3n4-c3[c-]cccc3)(c3ccccc3)c3ccccc3)ccc2)c2ccccc21.[Pd]. The van der Waals surface area contributed by atoms with Gasteiger partial charge in [0.1, 0.15) is 19.2 Å². The average molecular weight is 826 g/mol. The number of anilines is 3. The van der Waals surface area contributed by atoms with E-state index in [0.717, 1.165) is 71.2 Å². The molecule has 10 aromatic rings. The van der Waals surface area contributed by atoms with E-state index in [0.29, 0.717) is 0 Å². The van der Waals surface area contributed by atoms with Crippen molar-refractivity contribution in [2.45, 2.75) is 0 Å². The molecule has 0 saturated carbocycles. The molecule has 0 saturated heterocycles. The number of fused-ring (bicyclic) bond motifs is 8. The Kier molecular flexibility index (Phi) is 8.31. The Hall–Kier alpha value is -6.16. The summed E-state index contributed by atoms with van der Waals surface area (Å²) in [4.78, 5) is 4.43. The van der Waals surface area contributed by atoms with Gasteiger partial charge in [0.05, 0.1) is 5.39 Å². The van der Waals surface area contributed by atoms with E-state index in [1.54, 1.807) is 0 Å². The van der Waals surface area contributed by atoms with Crippen LogP contribution in [0.1, 0.15) is 0 Å². The van der Waals surface area contributed by atoms with Crippen molar-refractivity contribution >= 4 is 89.6 Å². The van der Waals surface area contributed by atoms with Crippen molar-refractivity contribution in [3.8, 4) is 5.69 Å². The van der Waals surface area contributed by atoms with Crippen molar-refractivity contribution in [3.63, 3.8) is 0 Å². The summed E-state index contributed by atoms with van der Waals surface area (Å²) in [5, 5.41) is 9.34. The molecule has 56 heavy (non-hydrogen) atoms. The van der Waals surface area contributed by atoms with Gasteiger partial charge in [-0.15, -0.1) is 17.1 Å². The molecule has 8 aromatic carbocycles. The molecule has 0 unspecified atom stereocenters. The summed E-state index contributed by atoms with van der Waals surface area (Å²) in [7, 11) is -0.972. The molecule has 1 aliphatic rings. The minimum atomic E-state index is -3.07. The van der Waals surface area contributed by atoms with Crippen LogP contribution in [0.5, 0.6) is 0 Å². The molecule has 0 fully saturated rings. The smallest absolute Gasteiger partial charge is 0.137 e. The van der Waals surface area contributed by atoms with Crippen LogP contribution in [0.3, 0.4) is 0 Å². The normalized spacial score (nSPS) is 12.8. The van der Waals surface area contributed by atoms with Crippen LogP contribution in [0.4, 0.5) is 17.1 Å². The molecular weight excluding hydrogens is 793 g/mol. The Morgan fingerprint density at radius 1 is 0.536 bits per heavy atom. The molecule has 0 spiro atoms. The number of furan rings is 1. The van der Waals surface area contributed by atoms with Gasteiger partial charge >= 0.3 is 0 Å². The van der Waals surface area contributed by atoms with Gasteiger partial charge in [-0.1, -0.05) is 108 Å². The van der Waals surface area contributed by atoms with Gasteiger partial charge in [0, 0.05) is 42.7 Å². The molecule has 2 aromatic heterocycles. The first kappa shape index (κ1) is 34.3. The zero-order valence-corrected chi connectivity index (χ0v) is 32.9. The van der Waals surface area contributed by atoms with Gasteiger partial charge in [0.2, 0.25) is 0 Å². The maximum atomic E-state index is 6.44. The van der Waals surface area contributed by atoms with E-state index in [1.807, 2.05) is 24.3 Å². The van der Waals surface area contributed by atoms with Gasteiger partial charge in [0.25, 0.3) is 0 Å². The van der Waals surface area contributed by atoms with Crippen LogP contribution in [0.15, 0.2) is 180 Å². The van der Waals surface area contributed by atoms with Gasteiger partial charge < -0.3 is 18.8 Å². The molecule has 6 heteroatoms. The third-order valence-electron chi connectivity index (χ3n) is 11.2. The molecule has 0 radical (unpaired) electrons. The summed E-state index contributed by atoms with van der Waals surface area (Å²) >= 11 is 0. The molecule has 1 aliphatic heterocycles. The Morgan fingerprint density at radius 2 is 1.20 bits per heavy atom. The molecule has 0 atom stereocenters. The zero-order valence-electron chi connectivity index (χ0n) is 30.4. The van der Waals surface area contributed by atoms with E-state index in [4.69, 9.17) is 4.42 Å². The van der Waals surface area contributed by atoms with E-state index < -0.39 is 8.07 Å². The summed E-state index contributed by atoms with van der Waals surface area (Å²) in [6.07, 6.45) is 0. The second-order valence-electron chi connectivity index (χ2n) is 14.2. The van der Waals surface area contributed by atoms with Crippen LogP contribution in [0.2, 0.25) is 0 Å². The third-order valence-corrected chi connectivity index (χ3v) is 15.8. The molecule has 11 rings (SSSR count). The number of benzene rings is 8. The first-order valence-corrected chi connectivity index (χ1v) is 20.6. The van der Waals surface area contributed by atoms with Crippen LogP contribution >= 0.6 is 0 Å². The molecular formula is C50H33N3OPdSi-4. The monoisotopic (exact) mass is 825 g/mol. The van der Waals surface area contributed by atoms with Crippen molar-refractivity contribution in [2.75, 3.05) is 16.8 Å². The number of nitrogens with zero attached hydrogens (tertiary/aromatic N) is 3. The first-order chi connectivity index (χ1) is 27.2. The van der Waals surface area contributed by atoms with Crippen molar-refractivity contribution in [1.29, 1.82) is 0 Å². The molecule has 0 N–H and O–H groups in total. The fraction of sp³-hybridized carbons (Fsp3) is 0.0200. The Balaban J connectivity index is 0.00000384. The van der Waals surface area contributed by atoms with Crippen molar-refractivity contribution < 1.29 is 24.8 Å². The molecule has 4 nitrogen and oxygen atoms in total. The quantitative estimate of drug-likeness (QED) is 0.0951. The molecule has 272 valence electrons. The summed E-state index contributed by atoms with van der Waals surface area (Å²) < 4.78 is 8.79. The zero-order chi connectivity index (χ0) is 36.5. The second kappa shape index (κ2) is 13.5. The summed E-state index contributed by atoms with van der Waals surface area (Å²) in [5.41, 5.74) is 8.12. The van der Waals surface area contributed by atoms with E-state index in [2.05, 4.69) is 198 Å². The minimum absolute atomic E-state index is 0. The Bertz CT molecular complexity index is 3010. The Morgan fingerprint density at radius 3 is 1.96 bits per heavy atom. The van der Waals surface area contributed by atoms with E-state index >= 15 is 0 Å². The van der Waals surface area contributed by atoms with Crippen LogP contribution < -0.4 is 30.5 Å².